The Morgan fingerprint density at radius 3 is 2.71 bits per heavy atom. The number of piperidine rings is 1. The summed E-state index contributed by atoms with van der Waals surface area (Å²) in [6, 6.07) is 6.43. The molecule has 114 valence electrons. The molecule has 0 amide bonds. The summed E-state index contributed by atoms with van der Waals surface area (Å²) >= 11 is 0. The Bertz CT molecular complexity index is 659. The molecule has 1 N–H and O–H groups in total. The Kier molecular flexibility index (Phi) is 3.62. The highest BCUT2D eigenvalue weighted by molar-refractivity contribution is 7.90. The Morgan fingerprint density at radius 1 is 1.19 bits per heavy atom. The van der Waals surface area contributed by atoms with Crippen molar-refractivity contribution in [3.05, 3.63) is 29.8 Å². The quantitative estimate of drug-likeness (QED) is 0.911. The van der Waals surface area contributed by atoms with E-state index < -0.39 is 22.2 Å². The number of hydrogen-bond donors (Lipinski definition) is 1. The number of carbonyl (C=O) groups is 1. The zero-order chi connectivity index (χ0) is 15.0. The number of benzene rings is 1. The van der Waals surface area contributed by atoms with Crippen molar-refractivity contribution >= 4 is 21.9 Å². The van der Waals surface area contributed by atoms with Crippen molar-refractivity contribution in [2.45, 2.75) is 31.7 Å². The maximum absolute atomic E-state index is 12.9. The van der Waals surface area contributed by atoms with E-state index in [4.69, 9.17) is 0 Å². The van der Waals surface area contributed by atoms with Gasteiger partial charge in [-0.25, -0.2) is 0 Å². The standard InChI is InChI=1S/C14H18N2O4S/c17-14(18)13-7-3-4-9-15(13)21(19,20)16-10-8-11-5-1-2-6-12(11)16/h1-2,5-6,13H,3-4,7-10H2,(H,17,18). The molecule has 1 aromatic rings. The Labute approximate surface area is 124 Å². The van der Waals surface area contributed by atoms with E-state index in [9.17, 15) is 18.3 Å². The second-order valence-electron chi connectivity index (χ2n) is 5.42. The third kappa shape index (κ3) is 2.40. The van der Waals surface area contributed by atoms with E-state index >= 15 is 0 Å². The van der Waals surface area contributed by atoms with Crippen molar-refractivity contribution in [1.29, 1.82) is 0 Å². The van der Waals surface area contributed by atoms with Crippen LogP contribution in [-0.4, -0.2) is 42.9 Å². The van der Waals surface area contributed by atoms with Crippen LogP contribution >= 0.6 is 0 Å². The Balaban J connectivity index is 1.95. The summed E-state index contributed by atoms with van der Waals surface area (Å²) < 4.78 is 28.2. The predicted octanol–water partition coefficient (Wildman–Crippen LogP) is 1.23. The molecular formula is C14H18N2O4S. The Hall–Kier alpha value is -1.60. The second kappa shape index (κ2) is 5.31. The van der Waals surface area contributed by atoms with Crippen molar-refractivity contribution < 1.29 is 18.3 Å². The van der Waals surface area contributed by atoms with Crippen molar-refractivity contribution in [2.75, 3.05) is 17.4 Å². The van der Waals surface area contributed by atoms with Gasteiger partial charge in [0.05, 0.1) is 5.69 Å². The van der Waals surface area contributed by atoms with Crippen LogP contribution in [0.2, 0.25) is 0 Å². The van der Waals surface area contributed by atoms with E-state index in [0.29, 0.717) is 31.5 Å². The first-order valence-electron chi connectivity index (χ1n) is 7.12. The van der Waals surface area contributed by atoms with E-state index in [1.165, 1.54) is 4.31 Å². The molecule has 2 aliphatic heterocycles. The molecule has 3 rings (SSSR count). The van der Waals surface area contributed by atoms with E-state index in [1.807, 2.05) is 12.1 Å². The van der Waals surface area contributed by atoms with Gasteiger partial charge < -0.3 is 5.11 Å². The predicted molar refractivity (Wildman–Crippen MR) is 78.4 cm³/mol. The molecule has 0 aliphatic carbocycles. The SMILES string of the molecule is O=C(O)C1CCCCN1S(=O)(=O)N1CCc2ccccc21. The van der Waals surface area contributed by atoms with Gasteiger partial charge in [0.2, 0.25) is 0 Å². The van der Waals surface area contributed by atoms with Crippen LogP contribution in [0, 0.1) is 0 Å². The zero-order valence-corrected chi connectivity index (χ0v) is 12.4. The van der Waals surface area contributed by atoms with Gasteiger partial charge in [-0.2, -0.15) is 12.7 Å². The van der Waals surface area contributed by atoms with Crippen LogP contribution in [0.4, 0.5) is 5.69 Å². The highest BCUT2D eigenvalue weighted by Gasteiger charge is 2.41. The van der Waals surface area contributed by atoms with Crippen molar-refractivity contribution in [3.8, 4) is 0 Å². The number of carboxylic acids is 1. The largest absolute Gasteiger partial charge is 0.480 e. The molecule has 2 aliphatic rings. The first-order valence-corrected chi connectivity index (χ1v) is 8.52. The van der Waals surface area contributed by atoms with E-state index in [0.717, 1.165) is 16.3 Å². The molecule has 7 heteroatoms. The molecule has 1 atom stereocenters. The highest BCUT2D eigenvalue weighted by atomic mass is 32.2. The van der Waals surface area contributed by atoms with Crippen LogP contribution in [0.5, 0.6) is 0 Å². The van der Waals surface area contributed by atoms with E-state index in [2.05, 4.69) is 0 Å². The molecule has 1 aromatic carbocycles. The summed E-state index contributed by atoms with van der Waals surface area (Å²) in [5.74, 6) is -1.06. The molecule has 0 radical (unpaired) electrons. The van der Waals surface area contributed by atoms with Gasteiger partial charge in [-0.05, 0) is 37.3 Å². The van der Waals surface area contributed by atoms with Crippen LogP contribution in [0.15, 0.2) is 24.3 Å². The molecule has 0 saturated carbocycles. The second-order valence-corrected chi connectivity index (χ2v) is 7.22. The fourth-order valence-corrected chi connectivity index (χ4v) is 4.98. The Morgan fingerprint density at radius 2 is 1.95 bits per heavy atom. The van der Waals surface area contributed by atoms with Crippen LogP contribution in [0.3, 0.4) is 0 Å². The molecule has 0 spiro atoms. The minimum absolute atomic E-state index is 0.276. The van der Waals surface area contributed by atoms with Gasteiger partial charge in [0.15, 0.2) is 0 Å². The fourth-order valence-electron chi connectivity index (χ4n) is 3.10. The van der Waals surface area contributed by atoms with Crippen LogP contribution in [-0.2, 0) is 21.4 Å². The average molecular weight is 310 g/mol. The maximum atomic E-state index is 12.9. The van der Waals surface area contributed by atoms with Crippen LogP contribution < -0.4 is 4.31 Å². The van der Waals surface area contributed by atoms with Crippen molar-refractivity contribution in [2.24, 2.45) is 0 Å². The van der Waals surface area contributed by atoms with Crippen molar-refractivity contribution in [1.82, 2.24) is 4.31 Å². The van der Waals surface area contributed by atoms with Gasteiger partial charge in [0, 0.05) is 13.1 Å². The number of nitrogens with zero attached hydrogens (tertiary/aromatic N) is 2. The number of fused-ring (bicyclic) bond motifs is 1. The summed E-state index contributed by atoms with van der Waals surface area (Å²) in [7, 11) is -3.78. The lowest BCUT2D eigenvalue weighted by Gasteiger charge is -2.35. The smallest absolute Gasteiger partial charge is 0.322 e. The topological polar surface area (TPSA) is 77.9 Å². The van der Waals surface area contributed by atoms with Crippen molar-refractivity contribution in [3.63, 3.8) is 0 Å². The number of hydrogen-bond acceptors (Lipinski definition) is 3. The normalized spacial score (nSPS) is 23.0. The molecule has 0 aromatic heterocycles. The van der Waals surface area contributed by atoms with Gasteiger partial charge in [-0.1, -0.05) is 18.2 Å². The molecule has 6 nitrogen and oxygen atoms in total. The highest BCUT2D eigenvalue weighted by Crippen LogP contribution is 2.33. The van der Waals surface area contributed by atoms with Crippen LogP contribution in [0.1, 0.15) is 24.8 Å². The lowest BCUT2D eigenvalue weighted by atomic mass is 10.1. The number of rotatable bonds is 3. The first-order chi connectivity index (χ1) is 10.0. The van der Waals surface area contributed by atoms with E-state index in [1.54, 1.807) is 12.1 Å². The first kappa shape index (κ1) is 14.3. The van der Waals surface area contributed by atoms with Crippen LogP contribution in [0.25, 0.3) is 0 Å². The third-order valence-electron chi connectivity index (χ3n) is 4.16. The van der Waals surface area contributed by atoms with Gasteiger partial charge in [-0.3, -0.25) is 9.10 Å². The number of anilines is 1. The molecule has 2 heterocycles. The third-order valence-corrected chi connectivity index (χ3v) is 6.12. The van der Waals surface area contributed by atoms with Gasteiger partial charge >= 0.3 is 16.2 Å². The van der Waals surface area contributed by atoms with Gasteiger partial charge in [0.1, 0.15) is 6.04 Å². The molecule has 1 saturated heterocycles. The van der Waals surface area contributed by atoms with E-state index in [-0.39, 0.29) is 6.54 Å². The maximum Gasteiger partial charge on any atom is 0.322 e. The fraction of sp³-hybridized carbons (Fsp3) is 0.500. The summed E-state index contributed by atoms with van der Waals surface area (Å²) in [4.78, 5) is 11.3. The molecular weight excluding hydrogens is 292 g/mol. The summed E-state index contributed by atoms with van der Waals surface area (Å²) in [5.41, 5.74) is 1.66. The molecule has 0 bridgehead atoms. The monoisotopic (exact) mass is 310 g/mol. The minimum atomic E-state index is -3.78. The van der Waals surface area contributed by atoms with Gasteiger partial charge in [0.25, 0.3) is 0 Å². The lowest BCUT2D eigenvalue weighted by molar-refractivity contribution is -0.142. The minimum Gasteiger partial charge on any atom is -0.480 e. The molecule has 1 fully saturated rings. The number of aliphatic carboxylic acids is 1. The summed E-state index contributed by atoms with van der Waals surface area (Å²) in [6.07, 6.45) is 2.50. The summed E-state index contributed by atoms with van der Waals surface area (Å²) in [5, 5.41) is 9.29. The average Bonchev–Trinajstić information content (AvgIpc) is 2.92. The zero-order valence-electron chi connectivity index (χ0n) is 11.6. The summed E-state index contributed by atoms with van der Waals surface area (Å²) in [6.45, 7) is 0.655. The number of para-hydroxylation sites is 1. The molecule has 1 unspecified atom stereocenters. The number of carboxylic acid groups (broad SMARTS) is 1. The molecule has 21 heavy (non-hydrogen) atoms. The lowest BCUT2D eigenvalue weighted by Crippen LogP contribution is -2.53. The van der Waals surface area contributed by atoms with Gasteiger partial charge in [-0.15, -0.1) is 0 Å².